The number of aliphatic hydroxyl groups is 1. The fourth-order valence-electron chi connectivity index (χ4n) is 1.08. The van der Waals surface area contributed by atoms with Gasteiger partial charge in [-0.3, -0.25) is 0 Å². The van der Waals surface area contributed by atoms with Gasteiger partial charge in [-0.05, 0) is 18.6 Å². The van der Waals surface area contributed by atoms with Gasteiger partial charge in [-0.1, -0.05) is 11.6 Å². The summed E-state index contributed by atoms with van der Waals surface area (Å²) in [7, 11) is 0. The van der Waals surface area contributed by atoms with Crippen LogP contribution in [0, 0.1) is 11.6 Å². The number of aliphatic hydroxyl groups excluding tert-OH is 1. The summed E-state index contributed by atoms with van der Waals surface area (Å²) in [4.78, 5) is 0. The third-order valence-corrected chi connectivity index (χ3v) is 2.25. The van der Waals surface area contributed by atoms with Crippen LogP contribution < -0.4 is 5.73 Å². The molecular formula is C9H10ClF2NO. The average Bonchev–Trinajstić information content (AvgIpc) is 2.18. The first-order valence-electron chi connectivity index (χ1n) is 4.05. The molecule has 0 radical (unpaired) electrons. The second kappa shape index (κ2) is 4.68. The summed E-state index contributed by atoms with van der Waals surface area (Å²) in [5.41, 5.74) is 5.40. The maximum absolute atomic E-state index is 13.1. The van der Waals surface area contributed by atoms with Gasteiger partial charge in [0.15, 0.2) is 0 Å². The van der Waals surface area contributed by atoms with Gasteiger partial charge in [-0.2, -0.15) is 0 Å². The second-order valence-electron chi connectivity index (χ2n) is 2.97. The molecule has 14 heavy (non-hydrogen) atoms. The number of rotatable bonds is 3. The molecule has 0 aliphatic rings. The normalized spacial score (nSPS) is 12.9. The molecule has 0 aromatic heterocycles. The first-order valence-corrected chi connectivity index (χ1v) is 4.43. The summed E-state index contributed by atoms with van der Waals surface area (Å²) >= 11 is 5.55. The molecule has 0 saturated heterocycles. The summed E-state index contributed by atoms with van der Waals surface area (Å²) in [5, 5.41) is 8.39. The standard InChI is InChI=1S/C9H10ClF2NO/c10-9-6(3-5(13)4-14)7(11)1-2-8(9)12/h1-2,5,14H,3-4,13H2. The number of benzene rings is 1. The minimum Gasteiger partial charge on any atom is -0.395 e. The lowest BCUT2D eigenvalue weighted by Crippen LogP contribution is -2.27. The van der Waals surface area contributed by atoms with Crippen molar-refractivity contribution in [1.82, 2.24) is 0 Å². The van der Waals surface area contributed by atoms with Crippen molar-refractivity contribution in [1.29, 1.82) is 0 Å². The summed E-state index contributed by atoms with van der Waals surface area (Å²) < 4.78 is 26.1. The van der Waals surface area contributed by atoms with Crippen LogP contribution in [0.2, 0.25) is 5.02 Å². The van der Waals surface area contributed by atoms with E-state index in [1.54, 1.807) is 0 Å². The Balaban J connectivity index is 3.00. The molecule has 0 heterocycles. The van der Waals surface area contributed by atoms with Crippen molar-refractivity contribution >= 4 is 11.6 Å². The lowest BCUT2D eigenvalue weighted by molar-refractivity contribution is 0.264. The fraction of sp³-hybridized carbons (Fsp3) is 0.333. The third-order valence-electron chi connectivity index (χ3n) is 1.84. The van der Waals surface area contributed by atoms with E-state index in [0.29, 0.717) is 0 Å². The molecule has 0 spiro atoms. The average molecular weight is 222 g/mol. The van der Waals surface area contributed by atoms with E-state index in [1.165, 1.54) is 0 Å². The van der Waals surface area contributed by atoms with Crippen LogP contribution in [0.4, 0.5) is 8.78 Å². The van der Waals surface area contributed by atoms with E-state index in [2.05, 4.69) is 0 Å². The molecule has 5 heteroatoms. The van der Waals surface area contributed by atoms with Gasteiger partial charge in [-0.25, -0.2) is 8.78 Å². The quantitative estimate of drug-likeness (QED) is 0.760. The van der Waals surface area contributed by atoms with E-state index >= 15 is 0 Å². The van der Waals surface area contributed by atoms with E-state index in [4.69, 9.17) is 22.4 Å². The first kappa shape index (κ1) is 11.4. The minimum atomic E-state index is -0.687. The highest BCUT2D eigenvalue weighted by Crippen LogP contribution is 2.23. The van der Waals surface area contributed by atoms with Crippen molar-refractivity contribution in [2.24, 2.45) is 5.73 Å². The van der Waals surface area contributed by atoms with Crippen LogP contribution in [0.5, 0.6) is 0 Å². The highest BCUT2D eigenvalue weighted by Gasteiger charge is 2.14. The Morgan fingerprint density at radius 1 is 1.36 bits per heavy atom. The Labute approximate surface area is 85.3 Å². The molecule has 2 nitrogen and oxygen atoms in total. The van der Waals surface area contributed by atoms with Gasteiger partial charge < -0.3 is 10.8 Å². The van der Waals surface area contributed by atoms with Crippen LogP contribution in [0.15, 0.2) is 12.1 Å². The van der Waals surface area contributed by atoms with Crippen molar-refractivity contribution in [3.63, 3.8) is 0 Å². The predicted molar refractivity (Wildman–Crippen MR) is 50.1 cm³/mol. The molecule has 1 atom stereocenters. The van der Waals surface area contributed by atoms with Crippen LogP contribution in [0.25, 0.3) is 0 Å². The van der Waals surface area contributed by atoms with E-state index < -0.39 is 17.7 Å². The molecule has 3 N–H and O–H groups in total. The molecule has 1 rings (SSSR count). The van der Waals surface area contributed by atoms with Crippen molar-refractivity contribution in [3.8, 4) is 0 Å². The molecule has 0 bridgehead atoms. The number of nitrogens with two attached hydrogens (primary N) is 1. The minimum absolute atomic E-state index is 0.00761. The van der Waals surface area contributed by atoms with Crippen molar-refractivity contribution in [2.45, 2.75) is 12.5 Å². The summed E-state index contributed by atoms with van der Waals surface area (Å²) in [6.45, 7) is -0.299. The largest absolute Gasteiger partial charge is 0.395 e. The van der Waals surface area contributed by atoms with Gasteiger partial charge >= 0.3 is 0 Å². The van der Waals surface area contributed by atoms with Crippen molar-refractivity contribution in [3.05, 3.63) is 34.4 Å². The van der Waals surface area contributed by atoms with E-state index in [-0.39, 0.29) is 23.6 Å². The van der Waals surface area contributed by atoms with E-state index in [9.17, 15) is 8.78 Å². The first-order chi connectivity index (χ1) is 6.56. The molecule has 0 aliphatic carbocycles. The van der Waals surface area contributed by atoms with Crippen LogP contribution in [0.3, 0.4) is 0 Å². The van der Waals surface area contributed by atoms with Crippen LogP contribution in [-0.4, -0.2) is 17.8 Å². The zero-order valence-corrected chi connectivity index (χ0v) is 8.06. The zero-order valence-electron chi connectivity index (χ0n) is 7.30. The molecule has 0 saturated carbocycles. The summed E-state index contributed by atoms with van der Waals surface area (Å²) in [6.07, 6.45) is 0.0128. The molecule has 1 aromatic carbocycles. The number of hydrogen-bond acceptors (Lipinski definition) is 2. The molecule has 0 amide bonds. The molecule has 78 valence electrons. The Morgan fingerprint density at radius 3 is 2.50 bits per heavy atom. The molecule has 0 fully saturated rings. The van der Waals surface area contributed by atoms with Crippen LogP contribution >= 0.6 is 11.6 Å². The highest BCUT2D eigenvalue weighted by atomic mass is 35.5. The van der Waals surface area contributed by atoms with Crippen molar-refractivity contribution in [2.75, 3.05) is 6.61 Å². The van der Waals surface area contributed by atoms with Gasteiger partial charge in [0.2, 0.25) is 0 Å². The highest BCUT2D eigenvalue weighted by molar-refractivity contribution is 6.31. The molecule has 1 aromatic rings. The molecular weight excluding hydrogens is 212 g/mol. The number of halogens is 3. The summed E-state index contributed by atoms with van der Waals surface area (Å²) in [6, 6.07) is 1.30. The maximum Gasteiger partial charge on any atom is 0.142 e. The van der Waals surface area contributed by atoms with Gasteiger partial charge in [0.25, 0.3) is 0 Å². The fourth-order valence-corrected chi connectivity index (χ4v) is 1.31. The van der Waals surface area contributed by atoms with Gasteiger partial charge in [0.1, 0.15) is 11.6 Å². The predicted octanol–water partition coefficient (Wildman–Crippen LogP) is 1.48. The molecule has 1 unspecified atom stereocenters. The topological polar surface area (TPSA) is 46.2 Å². The Morgan fingerprint density at radius 2 is 1.93 bits per heavy atom. The van der Waals surface area contributed by atoms with E-state index in [0.717, 1.165) is 12.1 Å². The lowest BCUT2D eigenvalue weighted by Gasteiger charge is -2.10. The Bertz CT molecular complexity index is 333. The zero-order chi connectivity index (χ0) is 10.7. The van der Waals surface area contributed by atoms with Crippen LogP contribution in [-0.2, 0) is 6.42 Å². The third kappa shape index (κ3) is 2.41. The Kier molecular flexibility index (Phi) is 3.80. The van der Waals surface area contributed by atoms with Crippen molar-refractivity contribution < 1.29 is 13.9 Å². The maximum atomic E-state index is 13.1. The van der Waals surface area contributed by atoms with E-state index in [1.807, 2.05) is 0 Å². The van der Waals surface area contributed by atoms with Gasteiger partial charge in [0, 0.05) is 11.6 Å². The van der Waals surface area contributed by atoms with Gasteiger partial charge in [-0.15, -0.1) is 0 Å². The summed E-state index contributed by atoms with van der Waals surface area (Å²) in [5.74, 6) is -1.30. The second-order valence-corrected chi connectivity index (χ2v) is 3.35. The van der Waals surface area contributed by atoms with Gasteiger partial charge in [0.05, 0.1) is 11.6 Å². The smallest absolute Gasteiger partial charge is 0.142 e. The molecule has 0 aliphatic heterocycles. The van der Waals surface area contributed by atoms with Crippen LogP contribution in [0.1, 0.15) is 5.56 Å². The lowest BCUT2D eigenvalue weighted by atomic mass is 10.1. The Hall–Kier alpha value is -0.710. The number of hydrogen-bond donors (Lipinski definition) is 2. The SMILES string of the molecule is NC(CO)Cc1c(F)ccc(F)c1Cl. The monoisotopic (exact) mass is 221 g/mol.